The molecule has 2 N–H and O–H groups in total. The molecule has 1 rings (SSSR count). The van der Waals surface area contributed by atoms with Crippen LogP contribution in [0.2, 0.25) is 0 Å². The van der Waals surface area contributed by atoms with Gasteiger partial charge in [0.25, 0.3) is 11.8 Å². The molecule has 0 fully saturated rings. The van der Waals surface area contributed by atoms with E-state index in [1.807, 2.05) is 0 Å². The Morgan fingerprint density at radius 2 is 2.00 bits per heavy atom. The SMILES string of the molecule is CCNC(=O)C(C)=NNC(=O)c1ccncc1. The molecule has 0 unspecified atom stereocenters. The van der Waals surface area contributed by atoms with Gasteiger partial charge >= 0.3 is 0 Å². The van der Waals surface area contributed by atoms with Gasteiger partial charge in [0.15, 0.2) is 0 Å². The highest BCUT2D eigenvalue weighted by Crippen LogP contribution is 1.95. The van der Waals surface area contributed by atoms with Crippen LogP contribution in [0.5, 0.6) is 0 Å². The maximum absolute atomic E-state index is 11.6. The predicted molar refractivity (Wildman–Crippen MR) is 63.5 cm³/mol. The molecule has 0 spiro atoms. The lowest BCUT2D eigenvalue weighted by Crippen LogP contribution is -2.31. The van der Waals surface area contributed by atoms with Crippen LogP contribution in [0.15, 0.2) is 29.6 Å². The highest BCUT2D eigenvalue weighted by atomic mass is 16.2. The number of carbonyl (C=O) groups excluding carboxylic acids is 2. The molecule has 2 amide bonds. The monoisotopic (exact) mass is 234 g/mol. The smallest absolute Gasteiger partial charge is 0.271 e. The summed E-state index contributed by atoms with van der Waals surface area (Å²) in [7, 11) is 0. The van der Waals surface area contributed by atoms with Crippen molar-refractivity contribution in [3.63, 3.8) is 0 Å². The summed E-state index contributed by atoms with van der Waals surface area (Å²) in [4.78, 5) is 26.6. The maximum atomic E-state index is 11.6. The number of nitrogens with one attached hydrogen (secondary N) is 2. The number of hydrazone groups is 1. The van der Waals surface area contributed by atoms with Gasteiger partial charge in [-0.25, -0.2) is 5.43 Å². The van der Waals surface area contributed by atoms with Crippen LogP contribution in [0.1, 0.15) is 24.2 Å². The van der Waals surface area contributed by atoms with Gasteiger partial charge in [0.2, 0.25) is 0 Å². The van der Waals surface area contributed by atoms with Gasteiger partial charge in [-0.2, -0.15) is 5.10 Å². The lowest BCUT2D eigenvalue weighted by molar-refractivity contribution is -0.114. The Balaban J connectivity index is 2.59. The fraction of sp³-hybridized carbons (Fsp3) is 0.273. The van der Waals surface area contributed by atoms with Crippen molar-refractivity contribution in [1.29, 1.82) is 0 Å². The van der Waals surface area contributed by atoms with Crippen molar-refractivity contribution in [2.45, 2.75) is 13.8 Å². The van der Waals surface area contributed by atoms with Crippen molar-refractivity contribution in [2.75, 3.05) is 6.54 Å². The van der Waals surface area contributed by atoms with Crippen molar-refractivity contribution < 1.29 is 9.59 Å². The first-order valence-corrected chi connectivity index (χ1v) is 5.18. The second-order valence-electron chi connectivity index (χ2n) is 3.23. The van der Waals surface area contributed by atoms with E-state index in [9.17, 15) is 9.59 Å². The van der Waals surface area contributed by atoms with E-state index < -0.39 is 0 Å². The standard InChI is InChI=1S/C11H14N4O2/c1-3-13-10(16)8(2)14-15-11(17)9-4-6-12-7-5-9/h4-7H,3H2,1-2H3,(H,13,16)(H,15,17). The number of aromatic nitrogens is 1. The summed E-state index contributed by atoms with van der Waals surface area (Å²) < 4.78 is 0. The van der Waals surface area contributed by atoms with Crippen LogP contribution in [-0.2, 0) is 4.79 Å². The van der Waals surface area contributed by atoms with Crippen LogP contribution in [0.25, 0.3) is 0 Å². The topological polar surface area (TPSA) is 83.5 Å². The minimum atomic E-state index is -0.379. The van der Waals surface area contributed by atoms with Gasteiger partial charge in [0.1, 0.15) is 5.71 Å². The largest absolute Gasteiger partial charge is 0.351 e. The Morgan fingerprint density at radius 1 is 1.35 bits per heavy atom. The van der Waals surface area contributed by atoms with E-state index in [1.54, 1.807) is 19.1 Å². The summed E-state index contributed by atoms with van der Waals surface area (Å²) in [6.45, 7) is 3.85. The molecule has 90 valence electrons. The average molecular weight is 234 g/mol. The van der Waals surface area contributed by atoms with E-state index in [0.29, 0.717) is 12.1 Å². The van der Waals surface area contributed by atoms with Crippen LogP contribution < -0.4 is 10.7 Å². The highest BCUT2D eigenvalue weighted by molar-refractivity contribution is 6.37. The molecule has 0 saturated carbocycles. The van der Waals surface area contributed by atoms with Crippen LogP contribution in [0.3, 0.4) is 0 Å². The van der Waals surface area contributed by atoms with Crippen LogP contribution in [0, 0.1) is 0 Å². The van der Waals surface area contributed by atoms with Gasteiger partial charge in [-0.3, -0.25) is 14.6 Å². The van der Waals surface area contributed by atoms with Gasteiger partial charge in [0.05, 0.1) is 0 Å². The van der Waals surface area contributed by atoms with Gasteiger partial charge in [0, 0.05) is 24.5 Å². The minimum Gasteiger partial charge on any atom is -0.351 e. The number of hydrogen-bond acceptors (Lipinski definition) is 4. The lowest BCUT2D eigenvalue weighted by atomic mass is 10.3. The molecule has 0 aliphatic carbocycles. The normalized spacial score (nSPS) is 10.8. The zero-order chi connectivity index (χ0) is 12.7. The third-order valence-electron chi connectivity index (χ3n) is 1.93. The van der Waals surface area contributed by atoms with Crippen molar-refractivity contribution in [3.8, 4) is 0 Å². The summed E-state index contributed by atoms with van der Waals surface area (Å²) in [6.07, 6.45) is 3.02. The van der Waals surface area contributed by atoms with Crippen LogP contribution in [0.4, 0.5) is 0 Å². The molecule has 0 aromatic carbocycles. The summed E-state index contributed by atoms with van der Waals surface area (Å²) in [5.74, 6) is -0.682. The fourth-order valence-corrected chi connectivity index (χ4v) is 1.04. The minimum absolute atomic E-state index is 0.203. The Hall–Kier alpha value is -2.24. The van der Waals surface area contributed by atoms with E-state index in [2.05, 4.69) is 20.8 Å². The molecule has 0 saturated heterocycles. The Morgan fingerprint density at radius 3 is 2.59 bits per heavy atom. The summed E-state index contributed by atoms with van der Waals surface area (Å²) in [6, 6.07) is 3.12. The average Bonchev–Trinajstić information content (AvgIpc) is 2.36. The first-order valence-electron chi connectivity index (χ1n) is 5.18. The van der Waals surface area contributed by atoms with E-state index in [4.69, 9.17) is 0 Å². The quantitative estimate of drug-likeness (QED) is 0.581. The predicted octanol–water partition coefficient (Wildman–Crippen LogP) is 0.323. The van der Waals surface area contributed by atoms with Crippen molar-refractivity contribution in [2.24, 2.45) is 5.10 Å². The fourth-order valence-electron chi connectivity index (χ4n) is 1.04. The Bertz CT molecular complexity index is 428. The Labute approximate surface area is 99.1 Å². The van der Waals surface area contributed by atoms with Gasteiger partial charge < -0.3 is 5.32 Å². The van der Waals surface area contributed by atoms with Crippen LogP contribution >= 0.6 is 0 Å². The van der Waals surface area contributed by atoms with E-state index >= 15 is 0 Å². The first-order chi connectivity index (χ1) is 8.15. The molecule has 17 heavy (non-hydrogen) atoms. The molecule has 0 aliphatic heterocycles. The van der Waals surface area contributed by atoms with Crippen molar-refractivity contribution in [3.05, 3.63) is 30.1 Å². The van der Waals surface area contributed by atoms with Gasteiger partial charge in [-0.1, -0.05) is 0 Å². The molecule has 1 aromatic heterocycles. The van der Waals surface area contributed by atoms with Crippen molar-refractivity contribution in [1.82, 2.24) is 15.7 Å². The van der Waals surface area contributed by atoms with Crippen molar-refractivity contribution >= 4 is 17.5 Å². The second-order valence-corrected chi connectivity index (χ2v) is 3.23. The maximum Gasteiger partial charge on any atom is 0.271 e. The zero-order valence-corrected chi connectivity index (χ0v) is 9.73. The summed E-state index contributed by atoms with van der Waals surface area (Å²) in [5, 5.41) is 6.28. The number of rotatable bonds is 4. The van der Waals surface area contributed by atoms with E-state index in [0.717, 1.165) is 0 Å². The van der Waals surface area contributed by atoms with E-state index in [1.165, 1.54) is 19.3 Å². The molecule has 1 heterocycles. The number of nitrogens with zero attached hydrogens (tertiary/aromatic N) is 2. The highest BCUT2D eigenvalue weighted by Gasteiger charge is 2.06. The lowest BCUT2D eigenvalue weighted by Gasteiger charge is -2.02. The summed E-state index contributed by atoms with van der Waals surface area (Å²) in [5.41, 5.74) is 2.94. The first kappa shape index (κ1) is 12.8. The molecule has 6 heteroatoms. The third-order valence-corrected chi connectivity index (χ3v) is 1.93. The molecular formula is C11H14N4O2. The van der Waals surface area contributed by atoms with Crippen LogP contribution in [-0.4, -0.2) is 29.1 Å². The molecule has 6 nitrogen and oxygen atoms in total. The molecule has 0 atom stereocenters. The van der Waals surface area contributed by atoms with Gasteiger partial charge in [-0.15, -0.1) is 0 Å². The number of pyridine rings is 1. The number of hydrogen-bond donors (Lipinski definition) is 2. The Kier molecular flexibility index (Phi) is 4.80. The number of carbonyl (C=O) groups is 2. The molecule has 0 bridgehead atoms. The molecule has 0 radical (unpaired) electrons. The summed E-state index contributed by atoms with van der Waals surface area (Å²) >= 11 is 0. The van der Waals surface area contributed by atoms with Gasteiger partial charge in [-0.05, 0) is 26.0 Å². The second kappa shape index (κ2) is 6.37. The molecule has 1 aromatic rings. The molecular weight excluding hydrogens is 220 g/mol. The van der Waals surface area contributed by atoms with E-state index in [-0.39, 0.29) is 17.5 Å². The third kappa shape index (κ3) is 4.02. The zero-order valence-electron chi connectivity index (χ0n) is 9.73. The number of amides is 2. The molecule has 0 aliphatic rings.